The van der Waals surface area contributed by atoms with Crippen molar-refractivity contribution in [1.82, 2.24) is 0 Å². The van der Waals surface area contributed by atoms with Crippen LogP contribution in [0.3, 0.4) is 0 Å². The Kier molecular flexibility index (Phi) is 5.53. The topological polar surface area (TPSA) is 47.6 Å². The first-order valence-corrected chi connectivity index (χ1v) is 9.69. The summed E-state index contributed by atoms with van der Waals surface area (Å²) in [6, 6.07) is 14.0. The van der Waals surface area contributed by atoms with E-state index >= 15 is 0 Å². The first kappa shape index (κ1) is 17.0. The molecule has 0 amide bonds. The van der Waals surface area contributed by atoms with Crippen LogP contribution in [0.5, 0.6) is 5.75 Å². The molecule has 0 saturated carbocycles. The number of hydrogen-bond donors (Lipinski definition) is 1. The van der Waals surface area contributed by atoms with E-state index in [0.29, 0.717) is 13.2 Å². The molecular weight excluding hydrogens is 322 g/mol. The van der Waals surface area contributed by atoms with Crippen LogP contribution in [-0.2, 0) is 22.1 Å². The van der Waals surface area contributed by atoms with Crippen molar-refractivity contribution in [2.45, 2.75) is 30.9 Å². The summed E-state index contributed by atoms with van der Waals surface area (Å²) in [6.45, 7) is 4.21. The summed E-state index contributed by atoms with van der Waals surface area (Å²) >= 11 is 0. The molecule has 0 unspecified atom stereocenters. The van der Waals surface area contributed by atoms with Gasteiger partial charge in [-0.25, -0.2) is 0 Å². The molecule has 1 fully saturated rings. The van der Waals surface area contributed by atoms with Gasteiger partial charge in [0.2, 0.25) is 0 Å². The first-order valence-electron chi connectivity index (χ1n) is 8.13. The molecule has 1 N–H and O–H groups in total. The van der Waals surface area contributed by atoms with Crippen LogP contribution in [0.15, 0.2) is 47.4 Å². The summed E-state index contributed by atoms with van der Waals surface area (Å²) < 4.78 is 22.8. The molecular formula is C19H23NO3S. The quantitative estimate of drug-likeness (QED) is 0.870. The highest BCUT2D eigenvalue weighted by molar-refractivity contribution is 7.84. The minimum absolute atomic E-state index is 0.154. The molecule has 1 saturated heterocycles. The van der Waals surface area contributed by atoms with Gasteiger partial charge in [0.15, 0.2) is 0 Å². The van der Waals surface area contributed by atoms with E-state index in [0.717, 1.165) is 40.5 Å². The molecule has 4 nitrogen and oxygen atoms in total. The lowest BCUT2D eigenvalue weighted by Crippen LogP contribution is -2.16. The van der Waals surface area contributed by atoms with Crippen LogP contribution in [0.25, 0.3) is 0 Å². The molecule has 0 radical (unpaired) electrons. The standard InChI is InChI=1S/C19H23NO3S/c1-14-3-6-16(11-19(14)23-17-9-10-22-13-17)20-12-15-4-7-18(8-5-15)24(2)21/h3-8,11,17,20H,9-10,12-13H2,1-2H3/t17-,24+/m1/s1. The van der Waals surface area contributed by atoms with Crippen molar-refractivity contribution >= 4 is 16.5 Å². The third kappa shape index (κ3) is 4.36. The number of nitrogens with one attached hydrogen (secondary N) is 1. The maximum atomic E-state index is 11.4. The second-order valence-corrected chi connectivity index (χ2v) is 7.42. The highest BCUT2D eigenvalue weighted by atomic mass is 32.2. The normalized spacial score (nSPS) is 18.3. The Balaban J connectivity index is 1.63. The van der Waals surface area contributed by atoms with Crippen LogP contribution in [-0.4, -0.2) is 29.8 Å². The number of anilines is 1. The molecule has 24 heavy (non-hydrogen) atoms. The van der Waals surface area contributed by atoms with Gasteiger partial charge in [0.05, 0.1) is 13.2 Å². The summed E-state index contributed by atoms with van der Waals surface area (Å²) in [5.41, 5.74) is 3.30. The van der Waals surface area contributed by atoms with Crippen molar-refractivity contribution < 1.29 is 13.7 Å². The van der Waals surface area contributed by atoms with Gasteiger partial charge in [-0.05, 0) is 36.2 Å². The number of rotatable bonds is 6. The molecule has 2 aromatic carbocycles. The summed E-state index contributed by atoms with van der Waals surface area (Å²) in [6.07, 6.45) is 2.79. The minimum atomic E-state index is -0.933. The monoisotopic (exact) mass is 345 g/mol. The molecule has 0 aromatic heterocycles. The maximum Gasteiger partial charge on any atom is 0.124 e. The Morgan fingerprint density at radius 1 is 1.25 bits per heavy atom. The molecule has 3 rings (SSSR count). The minimum Gasteiger partial charge on any atom is -0.488 e. The Hall–Kier alpha value is -1.85. The molecule has 0 bridgehead atoms. The third-order valence-corrected chi connectivity index (χ3v) is 5.06. The van der Waals surface area contributed by atoms with E-state index in [4.69, 9.17) is 9.47 Å². The van der Waals surface area contributed by atoms with Crippen LogP contribution in [0.1, 0.15) is 17.5 Å². The van der Waals surface area contributed by atoms with Gasteiger partial charge in [0, 0.05) is 46.7 Å². The zero-order chi connectivity index (χ0) is 16.9. The van der Waals surface area contributed by atoms with Crippen molar-refractivity contribution in [2.24, 2.45) is 0 Å². The van der Waals surface area contributed by atoms with E-state index in [1.807, 2.05) is 30.3 Å². The summed E-state index contributed by atoms with van der Waals surface area (Å²) in [7, 11) is -0.933. The summed E-state index contributed by atoms with van der Waals surface area (Å²) in [4.78, 5) is 0.851. The SMILES string of the molecule is Cc1ccc(NCc2ccc([S@](C)=O)cc2)cc1O[C@@H]1CCOC1. The molecule has 2 atom stereocenters. The predicted molar refractivity (Wildman–Crippen MR) is 97.1 cm³/mol. The van der Waals surface area contributed by atoms with E-state index in [9.17, 15) is 4.21 Å². The molecule has 1 heterocycles. The summed E-state index contributed by atoms with van der Waals surface area (Å²) in [5, 5.41) is 3.42. The van der Waals surface area contributed by atoms with E-state index in [1.165, 1.54) is 0 Å². The number of hydrogen-bond acceptors (Lipinski definition) is 4. The number of aryl methyl sites for hydroxylation is 1. The smallest absolute Gasteiger partial charge is 0.124 e. The molecule has 0 aliphatic carbocycles. The fourth-order valence-electron chi connectivity index (χ4n) is 2.63. The lowest BCUT2D eigenvalue weighted by atomic mass is 10.2. The van der Waals surface area contributed by atoms with E-state index in [1.54, 1.807) is 6.26 Å². The molecule has 1 aliphatic heterocycles. The average Bonchev–Trinajstić information content (AvgIpc) is 3.09. The lowest BCUT2D eigenvalue weighted by Gasteiger charge is -2.16. The van der Waals surface area contributed by atoms with Crippen LogP contribution >= 0.6 is 0 Å². The molecule has 128 valence electrons. The summed E-state index contributed by atoms with van der Waals surface area (Å²) in [5.74, 6) is 0.909. The van der Waals surface area contributed by atoms with Gasteiger partial charge < -0.3 is 14.8 Å². The van der Waals surface area contributed by atoms with Crippen LogP contribution in [0.4, 0.5) is 5.69 Å². The van der Waals surface area contributed by atoms with Crippen molar-refractivity contribution in [3.63, 3.8) is 0 Å². The van der Waals surface area contributed by atoms with Gasteiger partial charge in [-0.2, -0.15) is 0 Å². The van der Waals surface area contributed by atoms with Gasteiger partial charge in [0.1, 0.15) is 11.9 Å². The Morgan fingerprint density at radius 2 is 2.04 bits per heavy atom. The zero-order valence-electron chi connectivity index (χ0n) is 14.1. The highest BCUT2D eigenvalue weighted by Crippen LogP contribution is 2.25. The van der Waals surface area contributed by atoms with Gasteiger partial charge in [0.25, 0.3) is 0 Å². The Labute approximate surface area is 145 Å². The Bertz CT molecular complexity index is 709. The average molecular weight is 345 g/mol. The second kappa shape index (κ2) is 7.81. The fourth-order valence-corrected chi connectivity index (χ4v) is 3.14. The van der Waals surface area contributed by atoms with Gasteiger partial charge >= 0.3 is 0 Å². The van der Waals surface area contributed by atoms with Gasteiger partial charge in [-0.3, -0.25) is 4.21 Å². The van der Waals surface area contributed by atoms with Gasteiger partial charge in [-0.15, -0.1) is 0 Å². The number of ether oxygens (including phenoxy) is 2. The maximum absolute atomic E-state index is 11.4. The first-order chi connectivity index (χ1) is 11.6. The third-order valence-electron chi connectivity index (χ3n) is 4.12. The van der Waals surface area contributed by atoms with Crippen LogP contribution < -0.4 is 10.1 Å². The highest BCUT2D eigenvalue weighted by Gasteiger charge is 2.18. The van der Waals surface area contributed by atoms with Crippen molar-refractivity contribution in [3.8, 4) is 5.75 Å². The van der Waals surface area contributed by atoms with Crippen molar-refractivity contribution in [2.75, 3.05) is 24.8 Å². The largest absolute Gasteiger partial charge is 0.488 e. The predicted octanol–water partition coefficient (Wildman–Crippen LogP) is 3.51. The zero-order valence-corrected chi connectivity index (χ0v) is 14.9. The van der Waals surface area contributed by atoms with Crippen LogP contribution in [0, 0.1) is 6.92 Å². The van der Waals surface area contributed by atoms with Gasteiger partial charge in [-0.1, -0.05) is 18.2 Å². The number of benzene rings is 2. The molecule has 2 aromatic rings. The van der Waals surface area contributed by atoms with Crippen molar-refractivity contribution in [3.05, 3.63) is 53.6 Å². The molecule has 1 aliphatic rings. The van der Waals surface area contributed by atoms with Crippen molar-refractivity contribution in [1.29, 1.82) is 0 Å². The fraction of sp³-hybridized carbons (Fsp3) is 0.368. The van der Waals surface area contributed by atoms with E-state index < -0.39 is 10.8 Å². The Morgan fingerprint density at radius 3 is 2.71 bits per heavy atom. The van der Waals surface area contributed by atoms with E-state index in [-0.39, 0.29) is 6.10 Å². The van der Waals surface area contributed by atoms with E-state index in [2.05, 4.69) is 24.4 Å². The molecule has 0 spiro atoms. The second-order valence-electron chi connectivity index (χ2n) is 6.04. The lowest BCUT2D eigenvalue weighted by molar-refractivity contribution is 0.141. The van der Waals surface area contributed by atoms with Crippen LogP contribution in [0.2, 0.25) is 0 Å². The molecule has 5 heteroatoms.